The molecule has 1 aromatic carbocycles. The molecule has 3 rings (SSSR count). The smallest absolute Gasteiger partial charge is 0.220 e. The lowest BCUT2D eigenvalue weighted by atomic mass is 10.0. The first-order chi connectivity index (χ1) is 8.83. The van der Waals surface area contributed by atoms with E-state index in [1.165, 1.54) is 5.56 Å². The summed E-state index contributed by atoms with van der Waals surface area (Å²) in [5.74, 6) is 1.31. The number of carbonyl (C=O) groups excluding carboxylic acids is 1. The molecule has 3 atom stereocenters. The Morgan fingerprint density at radius 3 is 2.79 bits per heavy atom. The molecule has 1 aliphatic carbocycles. The van der Waals surface area contributed by atoms with Crippen LogP contribution in [0.25, 0.3) is 0 Å². The number of amides is 1. The zero-order chi connectivity index (χ0) is 12.4. The standard InChI is InChI=1S/C15H20N2O.ClH/c18-15(8-11-6-7-16-10-11)17-14-9-13(14)12-4-2-1-3-5-12;/h1-5,11,13-14,16H,6-10H2,(H,17,18);1H. The molecule has 1 heterocycles. The molecule has 3 nitrogen and oxygen atoms in total. The fourth-order valence-corrected chi connectivity index (χ4v) is 2.84. The number of nitrogens with one attached hydrogen (secondary N) is 2. The number of carbonyl (C=O) groups is 1. The Morgan fingerprint density at radius 2 is 2.11 bits per heavy atom. The summed E-state index contributed by atoms with van der Waals surface area (Å²) in [4.78, 5) is 11.9. The van der Waals surface area contributed by atoms with Gasteiger partial charge in [0.05, 0.1) is 0 Å². The van der Waals surface area contributed by atoms with E-state index in [9.17, 15) is 4.79 Å². The number of hydrogen-bond acceptors (Lipinski definition) is 2. The summed E-state index contributed by atoms with van der Waals surface area (Å²) in [7, 11) is 0. The zero-order valence-electron chi connectivity index (χ0n) is 11.0. The van der Waals surface area contributed by atoms with E-state index >= 15 is 0 Å². The van der Waals surface area contributed by atoms with Gasteiger partial charge in [0.2, 0.25) is 5.91 Å². The van der Waals surface area contributed by atoms with Crippen LogP contribution in [0.3, 0.4) is 0 Å². The summed E-state index contributed by atoms with van der Waals surface area (Å²) in [5.41, 5.74) is 1.35. The van der Waals surface area contributed by atoms with Crippen molar-refractivity contribution in [1.82, 2.24) is 10.6 Å². The van der Waals surface area contributed by atoms with Crippen molar-refractivity contribution in [3.05, 3.63) is 35.9 Å². The number of benzene rings is 1. The second-order valence-corrected chi connectivity index (χ2v) is 5.49. The Kier molecular flexibility index (Phi) is 4.83. The van der Waals surface area contributed by atoms with Gasteiger partial charge in [-0.1, -0.05) is 30.3 Å². The maximum absolute atomic E-state index is 11.9. The lowest BCUT2D eigenvalue weighted by Gasteiger charge is -2.09. The third-order valence-corrected chi connectivity index (χ3v) is 4.00. The second kappa shape index (κ2) is 6.40. The van der Waals surface area contributed by atoms with Crippen molar-refractivity contribution in [2.75, 3.05) is 13.1 Å². The summed E-state index contributed by atoms with van der Waals surface area (Å²) in [5, 5.41) is 6.46. The van der Waals surface area contributed by atoms with Gasteiger partial charge in [0.25, 0.3) is 0 Å². The molecule has 2 N–H and O–H groups in total. The highest BCUT2D eigenvalue weighted by Crippen LogP contribution is 2.40. The monoisotopic (exact) mass is 280 g/mol. The minimum absolute atomic E-state index is 0. The molecule has 0 aromatic heterocycles. The molecule has 1 amide bonds. The van der Waals surface area contributed by atoms with Crippen molar-refractivity contribution in [3.63, 3.8) is 0 Å². The van der Waals surface area contributed by atoms with E-state index in [1.54, 1.807) is 0 Å². The van der Waals surface area contributed by atoms with Crippen LogP contribution in [0.4, 0.5) is 0 Å². The van der Waals surface area contributed by atoms with E-state index in [0.29, 0.717) is 24.3 Å². The molecule has 0 bridgehead atoms. The molecule has 0 radical (unpaired) electrons. The molecule has 2 fully saturated rings. The molecule has 4 heteroatoms. The van der Waals surface area contributed by atoms with E-state index in [-0.39, 0.29) is 18.3 Å². The molecular formula is C15H21ClN2O. The van der Waals surface area contributed by atoms with Gasteiger partial charge in [-0.25, -0.2) is 0 Å². The van der Waals surface area contributed by atoms with Gasteiger partial charge in [-0.15, -0.1) is 12.4 Å². The van der Waals surface area contributed by atoms with Gasteiger partial charge >= 0.3 is 0 Å². The van der Waals surface area contributed by atoms with E-state index in [0.717, 1.165) is 25.9 Å². The normalized spacial score (nSPS) is 28.5. The third-order valence-electron chi connectivity index (χ3n) is 4.00. The molecular weight excluding hydrogens is 260 g/mol. The fourth-order valence-electron chi connectivity index (χ4n) is 2.84. The summed E-state index contributed by atoms with van der Waals surface area (Å²) in [6, 6.07) is 10.8. The average Bonchev–Trinajstić information content (AvgIpc) is 2.95. The quantitative estimate of drug-likeness (QED) is 0.887. The summed E-state index contributed by atoms with van der Waals surface area (Å²) in [6.07, 6.45) is 2.92. The Bertz CT molecular complexity index is 417. The molecule has 1 aromatic rings. The van der Waals surface area contributed by atoms with E-state index in [2.05, 4.69) is 34.9 Å². The first-order valence-corrected chi connectivity index (χ1v) is 6.88. The highest BCUT2D eigenvalue weighted by atomic mass is 35.5. The Morgan fingerprint density at radius 1 is 1.32 bits per heavy atom. The predicted octanol–water partition coefficient (Wildman–Crippen LogP) is 2.08. The number of rotatable bonds is 4. The van der Waals surface area contributed by atoms with Gasteiger partial charge in [0.1, 0.15) is 0 Å². The molecule has 1 aliphatic heterocycles. The van der Waals surface area contributed by atoms with Crippen molar-refractivity contribution in [2.45, 2.75) is 31.2 Å². The Hall–Kier alpha value is -1.06. The van der Waals surface area contributed by atoms with Crippen LogP contribution < -0.4 is 10.6 Å². The molecule has 2 aliphatic rings. The van der Waals surface area contributed by atoms with Crippen LogP contribution in [0.1, 0.15) is 30.7 Å². The summed E-state index contributed by atoms with van der Waals surface area (Å²) < 4.78 is 0. The van der Waals surface area contributed by atoms with E-state index in [1.807, 2.05) is 6.07 Å². The number of halogens is 1. The fraction of sp³-hybridized carbons (Fsp3) is 0.533. The average molecular weight is 281 g/mol. The second-order valence-electron chi connectivity index (χ2n) is 5.49. The van der Waals surface area contributed by atoms with Crippen LogP contribution in [0.15, 0.2) is 30.3 Å². The molecule has 19 heavy (non-hydrogen) atoms. The maximum atomic E-state index is 11.9. The first kappa shape index (κ1) is 14.4. The lowest BCUT2D eigenvalue weighted by Crippen LogP contribution is -2.28. The van der Waals surface area contributed by atoms with Gasteiger partial charge in [-0.05, 0) is 37.4 Å². The molecule has 1 saturated heterocycles. The summed E-state index contributed by atoms with van der Waals surface area (Å²) >= 11 is 0. The van der Waals surface area contributed by atoms with Crippen molar-refractivity contribution in [2.24, 2.45) is 5.92 Å². The third kappa shape index (κ3) is 3.71. The van der Waals surface area contributed by atoms with Crippen molar-refractivity contribution in [1.29, 1.82) is 0 Å². The van der Waals surface area contributed by atoms with Gasteiger partial charge in [0, 0.05) is 18.4 Å². The molecule has 3 unspecified atom stereocenters. The van der Waals surface area contributed by atoms with Crippen LogP contribution in [-0.2, 0) is 4.79 Å². The van der Waals surface area contributed by atoms with Gasteiger partial charge < -0.3 is 10.6 Å². The van der Waals surface area contributed by atoms with Crippen molar-refractivity contribution in [3.8, 4) is 0 Å². The topological polar surface area (TPSA) is 41.1 Å². The van der Waals surface area contributed by atoms with Crippen LogP contribution in [0, 0.1) is 5.92 Å². The minimum Gasteiger partial charge on any atom is -0.353 e. The maximum Gasteiger partial charge on any atom is 0.220 e. The summed E-state index contributed by atoms with van der Waals surface area (Å²) in [6.45, 7) is 2.06. The van der Waals surface area contributed by atoms with Gasteiger partial charge in [0.15, 0.2) is 0 Å². The predicted molar refractivity (Wildman–Crippen MR) is 78.6 cm³/mol. The van der Waals surface area contributed by atoms with E-state index < -0.39 is 0 Å². The first-order valence-electron chi connectivity index (χ1n) is 6.88. The van der Waals surface area contributed by atoms with Crippen molar-refractivity contribution >= 4 is 18.3 Å². The molecule has 104 valence electrons. The minimum atomic E-state index is 0. The van der Waals surface area contributed by atoms with Gasteiger partial charge in [-0.2, -0.15) is 0 Å². The Balaban J connectivity index is 0.00000133. The zero-order valence-corrected chi connectivity index (χ0v) is 11.8. The van der Waals surface area contributed by atoms with Crippen LogP contribution in [0.2, 0.25) is 0 Å². The number of hydrogen-bond donors (Lipinski definition) is 2. The van der Waals surface area contributed by atoms with Crippen molar-refractivity contribution < 1.29 is 4.79 Å². The molecule has 0 spiro atoms. The SMILES string of the molecule is Cl.O=C(CC1CCNC1)NC1CC1c1ccccc1. The van der Waals surface area contributed by atoms with E-state index in [4.69, 9.17) is 0 Å². The molecule has 1 saturated carbocycles. The highest BCUT2D eigenvalue weighted by molar-refractivity contribution is 5.85. The van der Waals surface area contributed by atoms with Crippen LogP contribution in [-0.4, -0.2) is 25.0 Å². The largest absolute Gasteiger partial charge is 0.353 e. The lowest BCUT2D eigenvalue weighted by molar-refractivity contribution is -0.122. The van der Waals surface area contributed by atoms with Crippen LogP contribution in [0.5, 0.6) is 0 Å². The van der Waals surface area contributed by atoms with Crippen LogP contribution >= 0.6 is 12.4 Å². The van der Waals surface area contributed by atoms with Gasteiger partial charge in [-0.3, -0.25) is 4.79 Å². The highest BCUT2D eigenvalue weighted by Gasteiger charge is 2.39. The Labute approximate surface area is 120 Å².